The van der Waals surface area contributed by atoms with Crippen molar-refractivity contribution in [1.29, 1.82) is 0 Å². The van der Waals surface area contributed by atoms with Gasteiger partial charge in [0.1, 0.15) is 19.0 Å². The van der Waals surface area contributed by atoms with E-state index in [1.165, 1.54) is 24.1 Å². The number of imidazole rings is 1. The fourth-order valence-electron chi connectivity index (χ4n) is 3.10. The van der Waals surface area contributed by atoms with Gasteiger partial charge in [-0.3, -0.25) is 19.5 Å². The Morgan fingerprint density at radius 2 is 1.81 bits per heavy atom. The molecule has 0 aliphatic rings. The summed E-state index contributed by atoms with van der Waals surface area (Å²) >= 11 is 0. The van der Waals surface area contributed by atoms with E-state index in [-0.39, 0.29) is 36.9 Å². The highest BCUT2D eigenvalue weighted by Crippen LogP contribution is 2.24. The maximum absolute atomic E-state index is 13.4. The number of anilines is 1. The second kappa shape index (κ2) is 9.99. The van der Waals surface area contributed by atoms with Crippen LogP contribution in [0.3, 0.4) is 0 Å². The largest absolute Gasteiger partial charge is 0.375 e. The number of carbonyl (C=O) groups is 2. The number of nitrogens with one attached hydrogen (secondary N) is 1. The third-order valence-corrected chi connectivity index (χ3v) is 4.66. The molecule has 162 valence electrons. The first-order valence-corrected chi connectivity index (χ1v) is 9.88. The molecule has 0 saturated heterocycles. The first kappa shape index (κ1) is 22.2. The lowest BCUT2D eigenvalue weighted by molar-refractivity contribution is -0.139. The molecule has 0 spiro atoms. The third kappa shape index (κ3) is 5.55. The molecule has 0 radical (unpaired) electrons. The fourth-order valence-corrected chi connectivity index (χ4v) is 3.10. The Balaban J connectivity index is 1.90. The molecule has 0 saturated carbocycles. The second-order valence-corrected chi connectivity index (χ2v) is 7.26. The molecule has 0 aliphatic carbocycles. The zero-order valence-electron chi connectivity index (χ0n) is 17.7. The minimum absolute atomic E-state index is 0.103. The van der Waals surface area contributed by atoms with Crippen molar-refractivity contribution in [2.45, 2.75) is 19.9 Å². The van der Waals surface area contributed by atoms with E-state index in [9.17, 15) is 14.0 Å². The Bertz CT molecular complexity index is 1030. The van der Waals surface area contributed by atoms with Gasteiger partial charge in [0.05, 0.1) is 5.69 Å². The number of ether oxygens (including phenoxy) is 1. The quantitative estimate of drug-likeness (QED) is 0.601. The lowest BCUT2D eigenvalue weighted by Crippen LogP contribution is -2.44. The van der Waals surface area contributed by atoms with E-state index in [0.29, 0.717) is 11.4 Å². The van der Waals surface area contributed by atoms with Gasteiger partial charge < -0.3 is 9.64 Å². The summed E-state index contributed by atoms with van der Waals surface area (Å²) in [5.74, 6) is -0.758. The molecule has 1 aromatic heterocycles. The van der Waals surface area contributed by atoms with Gasteiger partial charge in [-0.2, -0.15) is 0 Å². The highest BCUT2D eigenvalue weighted by Gasteiger charge is 2.21. The number of carbonyl (C=O) groups excluding carboxylic acids is 2. The van der Waals surface area contributed by atoms with Gasteiger partial charge in [-0.25, -0.2) is 9.37 Å². The lowest BCUT2D eigenvalue weighted by Gasteiger charge is -2.25. The van der Waals surface area contributed by atoms with Crippen molar-refractivity contribution in [3.05, 3.63) is 66.6 Å². The molecule has 0 aliphatic heterocycles. The smallest absolute Gasteiger partial charge is 0.249 e. The summed E-state index contributed by atoms with van der Waals surface area (Å²) in [5, 5.41) is 2.78. The Morgan fingerprint density at radius 3 is 2.42 bits per heavy atom. The number of hydrogen-bond acceptors (Lipinski definition) is 4. The van der Waals surface area contributed by atoms with Crippen LogP contribution in [0.25, 0.3) is 16.9 Å². The van der Waals surface area contributed by atoms with Gasteiger partial charge in [-0.1, -0.05) is 30.3 Å². The zero-order valence-corrected chi connectivity index (χ0v) is 17.7. The summed E-state index contributed by atoms with van der Waals surface area (Å²) in [7, 11) is 1.43. The van der Waals surface area contributed by atoms with E-state index in [2.05, 4.69) is 10.3 Å². The molecule has 2 amide bonds. The van der Waals surface area contributed by atoms with E-state index in [1.807, 2.05) is 44.2 Å². The highest BCUT2D eigenvalue weighted by atomic mass is 19.1. The molecule has 7 nitrogen and oxygen atoms in total. The van der Waals surface area contributed by atoms with Gasteiger partial charge in [-0.15, -0.1) is 0 Å². The van der Waals surface area contributed by atoms with Crippen molar-refractivity contribution in [2.24, 2.45) is 0 Å². The summed E-state index contributed by atoms with van der Waals surface area (Å²) in [6, 6.07) is 15.2. The van der Waals surface area contributed by atoms with Crippen LogP contribution in [0.5, 0.6) is 0 Å². The molecule has 1 N–H and O–H groups in total. The molecule has 31 heavy (non-hydrogen) atoms. The highest BCUT2D eigenvalue weighted by molar-refractivity contribution is 5.94. The molecule has 0 bridgehead atoms. The van der Waals surface area contributed by atoms with Crippen LogP contribution in [0.2, 0.25) is 0 Å². The van der Waals surface area contributed by atoms with Crippen LogP contribution in [0, 0.1) is 5.82 Å². The zero-order chi connectivity index (χ0) is 22.4. The number of nitrogens with zero attached hydrogens (tertiary/aromatic N) is 3. The Hall–Kier alpha value is -3.52. The lowest BCUT2D eigenvalue weighted by atomic mass is 10.2. The summed E-state index contributed by atoms with van der Waals surface area (Å²) in [6.45, 7) is 3.41. The number of rotatable bonds is 8. The predicted molar refractivity (Wildman–Crippen MR) is 116 cm³/mol. The predicted octanol–water partition coefficient (Wildman–Crippen LogP) is 3.50. The van der Waals surface area contributed by atoms with Crippen LogP contribution in [-0.2, 0) is 14.3 Å². The van der Waals surface area contributed by atoms with E-state index < -0.39 is 5.91 Å². The second-order valence-electron chi connectivity index (χ2n) is 7.26. The van der Waals surface area contributed by atoms with Crippen molar-refractivity contribution in [3.63, 3.8) is 0 Å². The van der Waals surface area contributed by atoms with Crippen LogP contribution >= 0.6 is 0 Å². The Morgan fingerprint density at radius 1 is 1.13 bits per heavy atom. The Kier molecular flexibility index (Phi) is 7.15. The summed E-state index contributed by atoms with van der Waals surface area (Å²) < 4.78 is 20.0. The van der Waals surface area contributed by atoms with Crippen LogP contribution in [0.4, 0.5) is 10.3 Å². The summed E-state index contributed by atoms with van der Waals surface area (Å²) in [5.41, 5.74) is 2.16. The Labute approximate surface area is 180 Å². The van der Waals surface area contributed by atoms with Gasteiger partial charge >= 0.3 is 0 Å². The first-order valence-electron chi connectivity index (χ1n) is 9.88. The number of benzene rings is 2. The number of amides is 2. The molecule has 0 fully saturated rings. The standard InChI is InChI=1S/C23H25FN4O3/c1-16(2)27(22(30)15-31-3)14-21(29)26-23-25-20(17-7-5-4-6-8-17)13-28(23)19-11-9-18(24)10-12-19/h4-13,16H,14-15H2,1-3H3,(H,25,26,29). The van der Waals surface area contributed by atoms with Crippen molar-refractivity contribution in [3.8, 4) is 16.9 Å². The van der Waals surface area contributed by atoms with E-state index >= 15 is 0 Å². The molecular weight excluding hydrogens is 399 g/mol. The third-order valence-electron chi connectivity index (χ3n) is 4.66. The normalized spacial score (nSPS) is 10.9. The summed E-state index contributed by atoms with van der Waals surface area (Å²) in [4.78, 5) is 31.0. The fraction of sp³-hybridized carbons (Fsp3) is 0.261. The molecular formula is C23H25FN4O3. The van der Waals surface area contributed by atoms with Gasteiger partial charge in [0.15, 0.2) is 0 Å². The average Bonchev–Trinajstić information content (AvgIpc) is 3.16. The maximum atomic E-state index is 13.4. The minimum atomic E-state index is -0.397. The minimum Gasteiger partial charge on any atom is -0.375 e. The van der Waals surface area contributed by atoms with Crippen molar-refractivity contribution in [2.75, 3.05) is 25.6 Å². The van der Waals surface area contributed by atoms with E-state index in [0.717, 1.165) is 5.56 Å². The molecule has 8 heteroatoms. The first-order chi connectivity index (χ1) is 14.9. The topological polar surface area (TPSA) is 76.5 Å². The molecule has 0 unspecified atom stereocenters. The number of hydrogen-bond donors (Lipinski definition) is 1. The van der Waals surface area contributed by atoms with Crippen molar-refractivity contribution >= 4 is 17.8 Å². The van der Waals surface area contributed by atoms with E-state index in [1.54, 1.807) is 22.9 Å². The summed E-state index contributed by atoms with van der Waals surface area (Å²) in [6.07, 6.45) is 1.77. The number of halogens is 1. The average molecular weight is 424 g/mol. The molecule has 3 rings (SSSR count). The molecule has 0 atom stereocenters. The van der Waals surface area contributed by atoms with Gasteiger partial charge in [0.25, 0.3) is 0 Å². The van der Waals surface area contributed by atoms with Gasteiger partial charge in [-0.05, 0) is 38.1 Å². The number of methoxy groups -OCH3 is 1. The van der Waals surface area contributed by atoms with E-state index in [4.69, 9.17) is 4.74 Å². The van der Waals surface area contributed by atoms with Crippen LogP contribution in [0.15, 0.2) is 60.8 Å². The van der Waals surface area contributed by atoms with Gasteiger partial charge in [0, 0.05) is 30.6 Å². The maximum Gasteiger partial charge on any atom is 0.249 e. The van der Waals surface area contributed by atoms with Crippen molar-refractivity contribution < 1.29 is 18.7 Å². The van der Waals surface area contributed by atoms with Crippen LogP contribution in [-0.4, -0.2) is 52.6 Å². The van der Waals surface area contributed by atoms with Crippen LogP contribution < -0.4 is 5.32 Å². The van der Waals surface area contributed by atoms with Crippen molar-refractivity contribution in [1.82, 2.24) is 14.5 Å². The molecule has 1 heterocycles. The monoisotopic (exact) mass is 424 g/mol. The molecule has 2 aromatic carbocycles. The molecule has 3 aromatic rings. The van der Waals surface area contributed by atoms with Crippen LogP contribution in [0.1, 0.15) is 13.8 Å². The van der Waals surface area contributed by atoms with Gasteiger partial charge in [0.2, 0.25) is 17.8 Å². The number of aromatic nitrogens is 2. The SMILES string of the molecule is COCC(=O)N(CC(=O)Nc1nc(-c2ccccc2)cn1-c1ccc(F)cc1)C(C)C.